The Morgan fingerprint density at radius 2 is 2.18 bits per heavy atom. The van der Waals surface area contributed by atoms with Crippen LogP contribution in [-0.4, -0.2) is 5.16 Å². The van der Waals surface area contributed by atoms with E-state index in [0.29, 0.717) is 5.56 Å². The molecule has 0 bridgehead atoms. The summed E-state index contributed by atoms with van der Waals surface area (Å²) in [6.45, 7) is 5.98. The summed E-state index contributed by atoms with van der Waals surface area (Å²) in [6, 6.07) is 2.03. The highest BCUT2D eigenvalue weighted by molar-refractivity contribution is 5.33. The van der Waals surface area contributed by atoms with Gasteiger partial charge >= 0.3 is 0 Å². The maximum Gasteiger partial charge on any atom is 0.141 e. The van der Waals surface area contributed by atoms with Crippen LogP contribution in [0, 0.1) is 11.3 Å². The van der Waals surface area contributed by atoms with Crippen LogP contribution >= 0.6 is 0 Å². The smallest absolute Gasteiger partial charge is 0.141 e. The monoisotopic (exact) mass is 150 g/mol. The molecule has 11 heavy (non-hydrogen) atoms. The number of rotatable bonds is 0. The second-order valence-electron chi connectivity index (χ2n) is 3.44. The summed E-state index contributed by atoms with van der Waals surface area (Å²) in [4.78, 5) is 0. The molecule has 0 aliphatic carbocycles. The minimum absolute atomic E-state index is 0.113. The van der Waals surface area contributed by atoms with Crippen molar-refractivity contribution in [2.45, 2.75) is 26.2 Å². The van der Waals surface area contributed by atoms with Gasteiger partial charge in [-0.3, -0.25) is 0 Å². The lowest BCUT2D eigenvalue weighted by atomic mass is 9.90. The van der Waals surface area contributed by atoms with Crippen LogP contribution in [0.5, 0.6) is 0 Å². The van der Waals surface area contributed by atoms with Crippen LogP contribution in [0.4, 0.5) is 0 Å². The van der Waals surface area contributed by atoms with E-state index in [4.69, 9.17) is 9.78 Å². The first-order chi connectivity index (χ1) is 5.05. The van der Waals surface area contributed by atoms with Crippen molar-refractivity contribution in [2.75, 3.05) is 0 Å². The molecule has 0 saturated heterocycles. The third kappa shape index (κ3) is 1.40. The van der Waals surface area contributed by atoms with Gasteiger partial charge in [0.1, 0.15) is 23.6 Å². The van der Waals surface area contributed by atoms with Crippen LogP contribution in [0.2, 0.25) is 0 Å². The van der Waals surface area contributed by atoms with Crippen molar-refractivity contribution in [3.8, 4) is 6.07 Å². The van der Waals surface area contributed by atoms with Crippen LogP contribution in [0.15, 0.2) is 10.8 Å². The van der Waals surface area contributed by atoms with Crippen molar-refractivity contribution < 1.29 is 4.52 Å². The first-order valence-electron chi connectivity index (χ1n) is 3.40. The summed E-state index contributed by atoms with van der Waals surface area (Å²) in [5.74, 6) is 0. The normalized spacial score (nSPS) is 11.1. The average Bonchev–Trinajstić information content (AvgIpc) is 2.31. The molecule has 0 saturated carbocycles. The van der Waals surface area contributed by atoms with Crippen molar-refractivity contribution in [2.24, 2.45) is 0 Å². The van der Waals surface area contributed by atoms with E-state index in [1.165, 1.54) is 6.26 Å². The van der Waals surface area contributed by atoms with E-state index < -0.39 is 0 Å². The Morgan fingerprint density at radius 1 is 1.55 bits per heavy atom. The van der Waals surface area contributed by atoms with E-state index >= 15 is 0 Å². The zero-order valence-corrected chi connectivity index (χ0v) is 6.88. The maximum atomic E-state index is 8.62. The lowest BCUT2D eigenvalue weighted by Crippen LogP contribution is -2.13. The van der Waals surface area contributed by atoms with Gasteiger partial charge in [0, 0.05) is 5.41 Å². The fourth-order valence-corrected chi connectivity index (χ4v) is 0.857. The molecule has 1 heterocycles. The zero-order chi connectivity index (χ0) is 8.48. The first-order valence-corrected chi connectivity index (χ1v) is 3.40. The van der Waals surface area contributed by atoms with Gasteiger partial charge in [0.15, 0.2) is 0 Å². The summed E-state index contributed by atoms with van der Waals surface area (Å²) >= 11 is 0. The summed E-state index contributed by atoms with van der Waals surface area (Å²) in [6.07, 6.45) is 1.38. The Labute approximate surface area is 65.6 Å². The standard InChI is InChI=1S/C8H10N2O/c1-8(2,3)7-6(4-9)5-11-10-7/h5H,1-3H3. The fourth-order valence-electron chi connectivity index (χ4n) is 0.857. The van der Waals surface area contributed by atoms with E-state index in [0.717, 1.165) is 5.69 Å². The molecular formula is C8H10N2O. The SMILES string of the molecule is CC(C)(C)c1nocc1C#N. The molecule has 0 fully saturated rings. The van der Waals surface area contributed by atoms with Gasteiger partial charge in [0.2, 0.25) is 0 Å². The third-order valence-electron chi connectivity index (χ3n) is 1.40. The minimum Gasteiger partial charge on any atom is -0.363 e. The highest BCUT2D eigenvalue weighted by Crippen LogP contribution is 2.23. The van der Waals surface area contributed by atoms with Crippen LogP contribution in [0.3, 0.4) is 0 Å². The quantitative estimate of drug-likeness (QED) is 0.567. The van der Waals surface area contributed by atoms with Gasteiger partial charge in [-0.05, 0) is 0 Å². The minimum atomic E-state index is -0.113. The first kappa shape index (κ1) is 7.80. The van der Waals surface area contributed by atoms with E-state index in [1.54, 1.807) is 0 Å². The lowest BCUT2D eigenvalue weighted by Gasteiger charge is -2.13. The van der Waals surface area contributed by atoms with Gasteiger partial charge in [-0.25, -0.2) is 0 Å². The Balaban J connectivity index is 3.15. The van der Waals surface area contributed by atoms with Gasteiger partial charge in [0.25, 0.3) is 0 Å². The molecule has 3 heteroatoms. The number of nitriles is 1. The lowest BCUT2D eigenvalue weighted by molar-refractivity contribution is 0.393. The Kier molecular flexibility index (Phi) is 1.69. The Bertz CT molecular complexity index is 288. The number of hydrogen-bond acceptors (Lipinski definition) is 3. The molecule has 0 radical (unpaired) electrons. The van der Waals surface area contributed by atoms with E-state index in [9.17, 15) is 0 Å². The molecule has 0 N–H and O–H groups in total. The van der Waals surface area contributed by atoms with Crippen LogP contribution in [-0.2, 0) is 5.41 Å². The molecule has 1 rings (SSSR count). The van der Waals surface area contributed by atoms with Crippen molar-refractivity contribution >= 4 is 0 Å². The maximum absolute atomic E-state index is 8.62. The Hall–Kier alpha value is -1.30. The summed E-state index contributed by atoms with van der Waals surface area (Å²) in [7, 11) is 0. The average molecular weight is 150 g/mol. The van der Waals surface area contributed by atoms with Crippen LogP contribution < -0.4 is 0 Å². The van der Waals surface area contributed by atoms with Crippen molar-refractivity contribution in [1.29, 1.82) is 5.26 Å². The van der Waals surface area contributed by atoms with Crippen molar-refractivity contribution in [3.05, 3.63) is 17.5 Å². The van der Waals surface area contributed by atoms with Gasteiger partial charge < -0.3 is 4.52 Å². The Morgan fingerprint density at radius 3 is 2.55 bits per heavy atom. The van der Waals surface area contributed by atoms with Gasteiger partial charge in [-0.1, -0.05) is 25.9 Å². The van der Waals surface area contributed by atoms with Gasteiger partial charge in [0.05, 0.1) is 0 Å². The second kappa shape index (κ2) is 2.39. The van der Waals surface area contributed by atoms with E-state index in [2.05, 4.69) is 5.16 Å². The molecule has 0 amide bonds. The highest BCUT2D eigenvalue weighted by Gasteiger charge is 2.21. The van der Waals surface area contributed by atoms with E-state index in [-0.39, 0.29) is 5.41 Å². The van der Waals surface area contributed by atoms with Crippen LogP contribution in [0.25, 0.3) is 0 Å². The highest BCUT2D eigenvalue weighted by atomic mass is 16.5. The zero-order valence-electron chi connectivity index (χ0n) is 6.88. The molecule has 1 aromatic heterocycles. The molecule has 0 spiro atoms. The topological polar surface area (TPSA) is 49.8 Å². The number of hydrogen-bond donors (Lipinski definition) is 0. The number of aromatic nitrogens is 1. The largest absolute Gasteiger partial charge is 0.363 e. The molecule has 1 aromatic rings. The van der Waals surface area contributed by atoms with Gasteiger partial charge in [-0.15, -0.1) is 0 Å². The molecule has 58 valence electrons. The predicted octanol–water partition coefficient (Wildman–Crippen LogP) is 1.84. The summed E-state index contributed by atoms with van der Waals surface area (Å²) in [5, 5.41) is 12.4. The molecule has 0 aromatic carbocycles. The molecule has 3 nitrogen and oxygen atoms in total. The second-order valence-corrected chi connectivity index (χ2v) is 3.44. The molecule has 0 aliphatic rings. The predicted molar refractivity (Wildman–Crippen MR) is 39.9 cm³/mol. The van der Waals surface area contributed by atoms with Crippen molar-refractivity contribution in [3.63, 3.8) is 0 Å². The van der Waals surface area contributed by atoms with Gasteiger partial charge in [-0.2, -0.15) is 5.26 Å². The van der Waals surface area contributed by atoms with E-state index in [1.807, 2.05) is 26.8 Å². The fraction of sp³-hybridized carbons (Fsp3) is 0.500. The summed E-state index contributed by atoms with van der Waals surface area (Å²) in [5.41, 5.74) is 1.13. The molecular weight excluding hydrogens is 140 g/mol. The molecule has 0 unspecified atom stereocenters. The third-order valence-corrected chi connectivity index (χ3v) is 1.40. The van der Waals surface area contributed by atoms with Crippen molar-refractivity contribution in [1.82, 2.24) is 5.16 Å². The molecule has 0 aliphatic heterocycles. The van der Waals surface area contributed by atoms with Crippen LogP contribution in [0.1, 0.15) is 32.0 Å². The number of nitrogens with zero attached hydrogens (tertiary/aromatic N) is 2. The summed E-state index contributed by atoms with van der Waals surface area (Å²) < 4.78 is 4.69. The molecule has 0 atom stereocenters.